The average molecular weight is 416 g/mol. The van der Waals surface area contributed by atoms with Crippen LogP contribution in [0.3, 0.4) is 0 Å². The molecular weight excluding hydrogens is 397 g/mol. The van der Waals surface area contributed by atoms with Crippen molar-refractivity contribution in [3.63, 3.8) is 0 Å². The van der Waals surface area contributed by atoms with Gasteiger partial charge in [-0.1, -0.05) is 11.6 Å². The van der Waals surface area contributed by atoms with Crippen molar-refractivity contribution in [2.75, 3.05) is 0 Å². The zero-order valence-electron chi connectivity index (χ0n) is 11.9. The van der Waals surface area contributed by atoms with Crippen LogP contribution in [0.2, 0.25) is 5.02 Å². The summed E-state index contributed by atoms with van der Waals surface area (Å²) in [6.45, 7) is 0. The highest BCUT2D eigenvalue weighted by atomic mass is 127. The maximum absolute atomic E-state index is 12.6. The highest BCUT2D eigenvalue weighted by molar-refractivity contribution is 14.1. The topological polar surface area (TPSA) is 29.1 Å². The minimum Gasteiger partial charge on any atom is -0.347 e. The predicted octanol–water partition coefficient (Wildman–Crippen LogP) is 4.64. The molecule has 2 nitrogen and oxygen atoms in total. The van der Waals surface area contributed by atoms with E-state index in [9.17, 15) is 4.79 Å². The van der Waals surface area contributed by atoms with Crippen LogP contribution in [0.15, 0.2) is 18.2 Å². The fourth-order valence-electron chi connectivity index (χ4n) is 5.21. The molecule has 1 aromatic carbocycles. The first kappa shape index (κ1) is 14.3. The van der Waals surface area contributed by atoms with Gasteiger partial charge in [0.1, 0.15) is 0 Å². The first-order valence-corrected chi connectivity index (χ1v) is 9.26. The van der Waals surface area contributed by atoms with Gasteiger partial charge in [0.25, 0.3) is 5.91 Å². The highest BCUT2D eigenvalue weighted by Gasteiger charge is 2.51. The molecule has 4 aliphatic carbocycles. The largest absolute Gasteiger partial charge is 0.347 e. The van der Waals surface area contributed by atoms with E-state index >= 15 is 0 Å². The fourth-order valence-corrected chi connectivity index (χ4v) is 5.73. The van der Waals surface area contributed by atoms with E-state index < -0.39 is 0 Å². The van der Waals surface area contributed by atoms with E-state index in [0.29, 0.717) is 10.6 Å². The van der Waals surface area contributed by atoms with Crippen LogP contribution in [0, 0.1) is 21.3 Å². The lowest BCUT2D eigenvalue weighted by atomic mass is 9.53. The van der Waals surface area contributed by atoms with Crippen LogP contribution in [0.4, 0.5) is 0 Å². The van der Waals surface area contributed by atoms with Crippen LogP contribution in [0.5, 0.6) is 0 Å². The summed E-state index contributed by atoms with van der Waals surface area (Å²) in [6, 6.07) is 5.58. The summed E-state index contributed by atoms with van der Waals surface area (Å²) < 4.78 is 0.987. The van der Waals surface area contributed by atoms with E-state index in [4.69, 9.17) is 11.6 Å². The molecule has 0 unspecified atom stereocenters. The number of rotatable bonds is 2. The Morgan fingerprint density at radius 3 is 2.24 bits per heavy atom. The molecule has 4 fully saturated rings. The van der Waals surface area contributed by atoms with Crippen LogP contribution in [-0.4, -0.2) is 11.4 Å². The quantitative estimate of drug-likeness (QED) is 0.700. The van der Waals surface area contributed by atoms with E-state index in [1.54, 1.807) is 6.07 Å². The lowest BCUT2D eigenvalue weighted by Crippen LogP contribution is -2.59. The van der Waals surface area contributed by atoms with Gasteiger partial charge in [-0.25, -0.2) is 0 Å². The van der Waals surface area contributed by atoms with Crippen LogP contribution in [-0.2, 0) is 0 Å². The number of nitrogens with one attached hydrogen (secondary N) is 1. The lowest BCUT2D eigenvalue weighted by molar-refractivity contribution is -0.0167. The second-order valence-corrected chi connectivity index (χ2v) is 8.85. The van der Waals surface area contributed by atoms with Crippen molar-refractivity contribution >= 4 is 40.1 Å². The molecule has 112 valence electrons. The standard InChI is InChI=1S/C17H19ClINO/c18-14-6-13(1-2-15(14)19)16(21)20-17-7-10-3-11(8-17)5-12(4-10)9-17/h1-2,6,10-12H,3-5,7-9H2,(H,20,21). The molecule has 1 aromatic rings. The Morgan fingerprint density at radius 2 is 1.71 bits per heavy atom. The summed E-state index contributed by atoms with van der Waals surface area (Å²) in [7, 11) is 0. The molecule has 1 N–H and O–H groups in total. The van der Waals surface area contributed by atoms with E-state index in [1.165, 1.54) is 38.5 Å². The van der Waals surface area contributed by atoms with E-state index in [0.717, 1.165) is 21.3 Å². The number of carbonyl (C=O) groups excluding carboxylic acids is 1. The van der Waals surface area contributed by atoms with Crippen molar-refractivity contribution in [2.45, 2.75) is 44.1 Å². The molecule has 0 radical (unpaired) electrons. The van der Waals surface area contributed by atoms with Crippen LogP contribution >= 0.6 is 34.2 Å². The second kappa shape index (κ2) is 5.12. The smallest absolute Gasteiger partial charge is 0.251 e. The number of hydrogen-bond donors (Lipinski definition) is 1. The third kappa shape index (κ3) is 2.61. The van der Waals surface area contributed by atoms with Crippen molar-refractivity contribution in [1.29, 1.82) is 0 Å². The summed E-state index contributed by atoms with van der Waals surface area (Å²) in [5.41, 5.74) is 0.762. The van der Waals surface area contributed by atoms with Crippen LogP contribution in [0.25, 0.3) is 0 Å². The first-order chi connectivity index (χ1) is 10.0. The van der Waals surface area contributed by atoms with E-state index in [1.807, 2.05) is 12.1 Å². The molecule has 5 rings (SSSR count). The number of amides is 1. The Kier molecular flexibility index (Phi) is 3.49. The zero-order chi connectivity index (χ0) is 14.6. The van der Waals surface area contributed by atoms with Gasteiger partial charge in [-0.15, -0.1) is 0 Å². The maximum Gasteiger partial charge on any atom is 0.251 e. The summed E-state index contributed by atoms with van der Waals surface area (Å²) in [4.78, 5) is 12.6. The number of carbonyl (C=O) groups is 1. The van der Waals surface area contributed by atoms with Crippen molar-refractivity contribution in [3.05, 3.63) is 32.4 Å². The third-order valence-corrected chi connectivity index (χ3v) is 7.17. The van der Waals surface area contributed by atoms with Crippen molar-refractivity contribution in [3.8, 4) is 0 Å². The first-order valence-electron chi connectivity index (χ1n) is 7.81. The molecule has 4 aliphatic rings. The van der Waals surface area contributed by atoms with Crippen molar-refractivity contribution in [1.82, 2.24) is 5.32 Å². The number of hydrogen-bond acceptors (Lipinski definition) is 1. The highest BCUT2D eigenvalue weighted by Crippen LogP contribution is 2.55. The molecule has 0 saturated heterocycles. The van der Waals surface area contributed by atoms with Gasteiger partial charge in [-0.2, -0.15) is 0 Å². The van der Waals surface area contributed by atoms with E-state index in [-0.39, 0.29) is 11.4 Å². The molecule has 0 aromatic heterocycles. The summed E-state index contributed by atoms with van der Waals surface area (Å²) in [6.07, 6.45) is 7.73. The number of halogens is 2. The molecule has 4 heteroatoms. The molecule has 4 saturated carbocycles. The fraction of sp³-hybridized carbons (Fsp3) is 0.588. The third-order valence-electron chi connectivity index (χ3n) is 5.60. The monoisotopic (exact) mass is 415 g/mol. The van der Waals surface area contributed by atoms with Gasteiger partial charge in [0.2, 0.25) is 0 Å². The minimum atomic E-state index is 0.0512. The minimum absolute atomic E-state index is 0.0512. The van der Waals surface area contributed by atoms with Gasteiger partial charge in [-0.3, -0.25) is 4.79 Å². The Morgan fingerprint density at radius 1 is 1.14 bits per heavy atom. The molecule has 0 spiro atoms. The molecular formula is C17H19ClINO. The van der Waals surface area contributed by atoms with Gasteiger partial charge in [0, 0.05) is 14.7 Å². The Labute approximate surface area is 144 Å². The van der Waals surface area contributed by atoms with Gasteiger partial charge in [0.15, 0.2) is 0 Å². The van der Waals surface area contributed by atoms with Crippen molar-refractivity contribution in [2.24, 2.45) is 17.8 Å². The normalized spacial score (nSPS) is 36.8. The molecule has 21 heavy (non-hydrogen) atoms. The average Bonchev–Trinajstić information content (AvgIpc) is 2.39. The van der Waals surface area contributed by atoms with Gasteiger partial charge >= 0.3 is 0 Å². The molecule has 4 bridgehead atoms. The Bertz CT molecular complexity index is 565. The maximum atomic E-state index is 12.6. The second-order valence-electron chi connectivity index (χ2n) is 7.28. The van der Waals surface area contributed by atoms with Gasteiger partial charge in [0.05, 0.1) is 5.02 Å². The van der Waals surface area contributed by atoms with Gasteiger partial charge < -0.3 is 5.32 Å². The summed E-state index contributed by atoms with van der Waals surface area (Å²) in [5, 5.41) is 4.05. The molecule has 0 aliphatic heterocycles. The zero-order valence-corrected chi connectivity index (χ0v) is 14.8. The van der Waals surface area contributed by atoms with Gasteiger partial charge in [-0.05, 0) is 97.1 Å². The molecule has 0 heterocycles. The van der Waals surface area contributed by atoms with Crippen LogP contribution < -0.4 is 5.32 Å². The van der Waals surface area contributed by atoms with Crippen molar-refractivity contribution < 1.29 is 4.79 Å². The van der Waals surface area contributed by atoms with E-state index in [2.05, 4.69) is 27.9 Å². The van der Waals surface area contributed by atoms with Crippen LogP contribution in [0.1, 0.15) is 48.9 Å². The summed E-state index contributed by atoms with van der Waals surface area (Å²) >= 11 is 8.33. The summed E-state index contributed by atoms with van der Waals surface area (Å²) in [5.74, 6) is 2.58. The molecule has 1 amide bonds. The lowest BCUT2D eigenvalue weighted by Gasteiger charge is -2.56. The molecule has 0 atom stereocenters. The Hall–Kier alpha value is -0.290. The SMILES string of the molecule is O=C(NC12CC3CC(CC(C3)C1)C2)c1ccc(I)c(Cl)c1. The Balaban J connectivity index is 1.55. The predicted molar refractivity (Wildman–Crippen MR) is 92.5 cm³/mol. The number of benzene rings is 1.